The summed E-state index contributed by atoms with van der Waals surface area (Å²) in [6, 6.07) is 1.75. The molecule has 29 heavy (non-hydrogen) atoms. The molecule has 0 spiro atoms. The van der Waals surface area contributed by atoms with Crippen molar-refractivity contribution < 1.29 is 57.5 Å². The van der Waals surface area contributed by atoms with Gasteiger partial charge in [-0.05, 0) is 49.7 Å². The summed E-state index contributed by atoms with van der Waals surface area (Å²) in [6.07, 6.45) is 5.89. The van der Waals surface area contributed by atoms with Crippen LogP contribution in [0.2, 0.25) is 10.0 Å². The van der Waals surface area contributed by atoms with Crippen molar-refractivity contribution in [3.8, 4) is 5.75 Å². The van der Waals surface area contributed by atoms with Gasteiger partial charge in [0.25, 0.3) is 0 Å². The van der Waals surface area contributed by atoms with Gasteiger partial charge in [0.05, 0.1) is 21.7 Å². The first-order chi connectivity index (χ1) is 12.7. The summed E-state index contributed by atoms with van der Waals surface area (Å²) in [5, 5.41) is 0.367. The molecule has 158 valence electrons. The third-order valence-corrected chi connectivity index (χ3v) is 7.64. The Morgan fingerprint density at radius 3 is 2.41 bits per heavy atom. The zero-order chi connectivity index (χ0) is 19.8. The van der Waals surface area contributed by atoms with Crippen LogP contribution in [0, 0.1) is 11.3 Å². The maximum Gasteiger partial charge on any atom is 1.00 e. The molecule has 1 aromatic carbocycles. The smallest absolute Gasteiger partial charge is 0.748 e. The summed E-state index contributed by atoms with van der Waals surface area (Å²) in [7, 11) is -4.28. The van der Waals surface area contributed by atoms with Crippen molar-refractivity contribution in [2.24, 2.45) is 11.3 Å². The number of halogens is 2. The number of hydrogen-bond acceptors (Lipinski definition) is 5. The second kappa shape index (κ2) is 10.6. The van der Waals surface area contributed by atoms with E-state index in [9.17, 15) is 17.8 Å². The zero-order valence-electron chi connectivity index (χ0n) is 16.7. The predicted octanol–water partition coefficient (Wildman–Crippen LogP) is 0.812. The number of carbonyl (C=O) groups excluding carboxylic acids is 1. The van der Waals surface area contributed by atoms with Crippen LogP contribution in [0.4, 0.5) is 0 Å². The van der Waals surface area contributed by atoms with E-state index >= 15 is 0 Å². The quantitative estimate of drug-likeness (QED) is 0.329. The minimum absolute atomic E-state index is 0. The molecule has 2 N–H and O–H groups in total. The molecule has 2 aliphatic rings. The van der Waals surface area contributed by atoms with Crippen molar-refractivity contribution in [2.75, 3.05) is 12.4 Å². The Labute approximate surface area is 204 Å². The molecule has 3 rings (SSSR count). The number of benzene rings is 1. The van der Waals surface area contributed by atoms with E-state index in [1.54, 1.807) is 6.07 Å². The third kappa shape index (κ3) is 5.50. The van der Waals surface area contributed by atoms with Crippen LogP contribution < -0.4 is 34.3 Å². The van der Waals surface area contributed by atoms with Gasteiger partial charge in [0.1, 0.15) is 10.8 Å². The van der Waals surface area contributed by atoms with Gasteiger partial charge in [0, 0.05) is 16.7 Å². The van der Waals surface area contributed by atoms with Crippen LogP contribution in [0.25, 0.3) is 0 Å². The van der Waals surface area contributed by atoms with E-state index in [0.29, 0.717) is 23.7 Å². The molecule has 2 aliphatic carbocycles. The molecule has 6 nitrogen and oxygen atoms in total. The van der Waals surface area contributed by atoms with Crippen LogP contribution in [-0.4, -0.2) is 36.6 Å². The molecule has 1 saturated carbocycles. The summed E-state index contributed by atoms with van der Waals surface area (Å²) in [6.45, 7) is 2.09. The molecule has 0 heterocycles. The molecule has 1 fully saturated rings. The first-order valence-corrected chi connectivity index (χ1v) is 11.6. The maximum absolute atomic E-state index is 13.3. The van der Waals surface area contributed by atoms with E-state index in [4.69, 9.17) is 27.9 Å². The van der Waals surface area contributed by atoms with E-state index in [1.807, 2.05) is 0 Å². The summed E-state index contributed by atoms with van der Waals surface area (Å²) in [5.74, 6) is 0.282. The van der Waals surface area contributed by atoms with Crippen molar-refractivity contribution in [3.63, 3.8) is 0 Å². The Kier molecular flexibility index (Phi) is 9.97. The molecule has 0 saturated heterocycles. The number of Topliss-reactive ketones (excluding diaryl/α,β-unsaturated/α-hetero) is 1. The number of fused-ring (bicyclic) bond motifs is 1. The molecular formula is C19H25Cl2NaO6S. The van der Waals surface area contributed by atoms with Crippen molar-refractivity contribution in [1.29, 1.82) is 0 Å². The topological polar surface area (TPSA) is 115 Å². The van der Waals surface area contributed by atoms with Gasteiger partial charge >= 0.3 is 29.6 Å². The third-order valence-electron chi connectivity index (χ3n) is 6.00. The molecule has 0 radical (unpaired) electrons. The van der Waals surface area contributed by atoms with Crippen LogP contribution in [0.5, 0.6) is 5.75 Å². The van der Waals surface area contributed by atoms with Crippen molar-refractivity contribution in [3.05, 3.63) is 27.2 Å². The fourth-order valence-corrected chi connectivity index (χ4v) is 5.59. The van der Waals surface area contributed by atoms with Gasteiger partial charge in [-0.25, -0.2) is 8.42 Å². The molecule has 1 atom stereocenters. The minimum atomic E-state index is -4.28. The Hall–Kier alpha value is 0.140. The number of ether oxygens (including phenoxy) is 1. The van der Waals surface area contributed by atoms with E-state index in [1.165, 1.54) is 0 Å². The summed E-state index contributed by atoms with van der Waals surface area (Å²) < 4.78 is 37.6. The average Bonchev–Trinajstić information content (AvgIpc) is 3.22. The molecule has 0 amide bonds. The van der Waals surface area contributed by atoms with Gasteiger partial charge in [0.2, 0.25) is 0 Å². The van der Waals surface area contributed by atoms with Gasteiger partial charge in [-0.1, -0.05) is 43.0 Å². The molecule has 0 aromatic heterocycles. The van der Waals surface area contributed by atoms with Gasteiger partial charge < -0.3 is 14.8 Å². The second-order valence-corrected chi connectivity index (χ2v) is 9.78. The van der Waals surface area contributed by atoms with Crippen LogP contribution in [0.1, 0.15) is 61.4 Å². The van der Waals surface area contributed by atoms with Crippen LogP contribution in [-0.2, 0) is 16.5 Å². The van der Waals surface area contributed by atoms with E-state index in [0.717, 1.165) is 37.7 Å². The van der Waals surface area contributed by atoms with Gasteiger partial charge in [0.15, 0.2) is 5.78 Å². The molecule has 0 bridgehead atoms. The van der Waals surface area contributed by atoms with Gasteiger partial charge in [-0.2, -0.15) is 0 Å². The summed E-state index contributed by atoms with van der Waals surface area (Å²) in [5.41, 5.74) is 0.931. The molecule has 10 heteroatoms. The van der Waals surface area contributed by atoms with Crippen LogP contribution in [0.15, 0.2) is 6.07 Å². The van der Waals surface area contributed by atoms with Crippen molar-refractivity contribution in [1.82, 2.24) is 0 Å². The molecule has 1 aromatic rings. The minimum Gasteiger partial charge on any atom is -0.748 e. The molecule has 1 unspecified atom stereocenters. The zero-order valence-corrected chi connectivity index (χ0v) is 21.1. The first-order valence-electron chi connectivity index (χ1n) is 9.31. The Morgan fingerprint density at radius 1 is 1.24 bits per heavy atom. The Morgan fingerprint density at radius 2 is 1.86 bits per heavy atom. The second-order valence-electron chi connectivity index (χ2n) is 7.50. The van der Waals surface area contributed by atoms with Gasteiger partial charge in [-0.15, -0.1) is 0 Å². The fourth-order valence-electron chi connectivity index (χ4n) is 4.61. The van der Waals surface area contributed by atoms with Crippen LogP contribution in [0.3, 0.4) is 0 Å². The molecule has 0 aliphatic heterocycles. The number of ketones is 1. The Bertz CT molecular complexity index is 855. The monoisotopic (exact) mass is 474 g/mol. The predicted molar refractivity (Wildman–Crippen MR) is 107 cm³/mol. The van der Waals surface area contributed by atoms with E-state index in [-0.39, 0.29) is 63.9 Å². The SMILES string of the molecule is CCC1(C2CCCC2)Cc2cc(OCCCS(=O)(=O)[O-])c(Cl)c(Cl)c2C1=O.O.[Na+]. The van der Waals surface area contributed by atoms with E-state index in [2.05, 4.69) is 6.92 Å². The van der Waals surface area contributed by atoms with Crippen molar-refractivity contribution in [2.45, 2.75) is 51.9 Å². The number of rotatable bonds is 7. The Balaban J connectivity index is 0.00000210. The standard InChI is InChI=1S/C19H24Cl2O5S.Na.H2O/c1-2-19(13-6-3-4-7-13)11-12-10-14(26-8-5-9-27(23,24)25)16(20)17(21)15(12)18(19)22;;/h10,13H,2-9,11H2,1H3,(H,23,24,25);;1H2/q;+1;/p-1. The normalized spacial score (nSPS) is 21.4. The van der Waals surface area contributed by atoms with Gasteiger partial charge in [-0.3, -0.25) is 4.79 Å². The van der Waals surface area contributed by atoms with Crippen LogP contribution >= 0.6 is 23.2 Å². The first kappa shape index (κ1) is 27.2. The number of carbonyl (C=O) groups is 1. The number of hydrogen-bond donors (Lipinski definition) is 0. The summed E-state index contributed by atoms with van der Waals surface area (Å²) in [4.78, 5) is 13.3. The largest absolute Gasteiger partial charge is 1.00 e. The maximum atomic E-state index is 13.3. The fraction of sp³-hybridized carbons (Fsp3) is 0.632. The summed E-state index contributed by atoms with van der Waals surface area (Å²) >= 11 is 12.8. The average molecular weight is 475 g/mol. The molecular weight excluding hydrogens is 450 g/mol. The van der Waals surface area contributed by atoms with Crippen molar-refractivity contribution >= 4 is 39.1 Å². The van der Waals surface area contributed by atoms with E-state index < -0.39 is 21.3 Å².